The number of nitrogens with two attached hydrogens (primary N) is 1. The number of hydrogen-bond acceptors (Lipinski definition) is 2. The van der Waals surface area contributed by atoms with Crippen molar-refractivity contribution in [2.45, 2.75) is 24.6 Å². The lowest BCUT2D eigenvalue weighted by molar-refractivity contribution is -0.137. The van der Waals surface area contributed by atoms with Crippen molar-refractivity contribution in [1.29, 1.82) is 0 Å². The molecule has 2 amide bonds. The standard InChI is InChI=1S/C24H19F3N2O2/c25-24(26,27)15-11-9-14(10-12-15)13-20(22(28)30)29-23(31)21-18-7-3-1-5-16(18)17-6-2-4-8-19(17)21/h1-12,20-21H,13H2,(H2,28,30)(H,29,31)/t20-/m0/s1. The Balaban J connectivity index is 1.57. The summed E-state index contributed by atoms with van der Waals surface area (Å²) in [6.07, 6.45) is -4.45. The normalized spacial score (nSPS) is 13.9. The molecule has 7 heteroatoms. The molecular formula is C24H19F3N2O2. The van der Waals surface area contributed by atoms with Crippen LogP contribution in [0.5, 0.6) is 0 Å². The molecule has 158 valence electrons. The van der Waals surface area contributed by atoms with Gasteiger partial charge in [0.1, 0.15) is 6.04 Å². The first-order valence-electron chi connectivity index (χ1n) is 9.70. The first-order valence-corrected chi connectivity index (χ1v) is 9.70. The van der Waals surface area contributed by atoms with Gasteiger partial charge in [-0.3, -0.25) is 9.59 Å². The fourth-order valence-electron chi connectivity index (χ4n) is 3.98. The number of halogens is 3. The minimum atomic E-state index is -4.45. The Morgan fingerprint density at radius 2 is 1.39 bits per heavy atom. The summed E-state index contributed by atoms with van der Waals surface area (Å²) in [5, 5.41) is 2.70. The van der Waals surface area contributed by atoms with Gasteiger partial charge in [-0.25, -0.2) is 0 Å². The van der Waals surface area contributed by atoms with Crippen molar-refractivity contribution in [2.24, 2.45) is 5.73 Å². The van der Waals surface area contributed by atoms with Gasteiger partial charge in [-0.15, -0.1) is 0 Å². The van der Waals surface area contributed by atoms with E-state index >= 15 is 0 Å². The van der Waals surface area contributed by atoms with Crippen LogP contribution in [0.3, 0.4) is 0 Å². The summed E-state index contributed by atoms with van der Waals surface area (Å²) in [5.74, 6) is -1.73. The molecular weight excluding hydrogens is 405 g/mol. The highest BCUT2D eigenvalue weighted by Crippen LogP contribution is 2.44. The summed E-state index contributed by atoms with van der Waals surface area (Å²) in [6, 6.07) is 18.5. The SMILES string of the molecule is NC(=O)[C@H](Cc1ccc(C(F)(F)F)cc1)NC(=O)C1c2ccccc2-c2ccccc21. The van der Waals surface area contributed by atoms with Crippen molar-refractivity contribution in [3.63, 3.8) is 0 Å². The van der Waals surface area contributed by atoms with Crippen LogP contribution in [0.2, 0.25) is 0 Å². The Bertz CT molecular complexity index is 1090. The maximum absolute atomic E-state index is 13.2. The van der Waals surface area contributed by atoms with E-state index in [-0.39, 0.29) is 12.3 Å². The van der Waals surface area contributed by atoms with E-state index in [9.17, 15) is 22.8 Å². The van der Waals surface area contributed by atoms with E-state index in [1.54, 1.807) is 0 Å². The second kappa shape index (κ2) is 7.91. The minimum Gasteiger partial charge on any atom is -0.368 e. The number of hydrogen-bond donors (Lipinski definition) is 2. The van der Waals surface area contributed by atoms with Gasteiger partial charge in [0.15, 0.2) is 0 Å². The summed E-state index contributed by atoms with van der Waals surface area (Å²) >= 11 is 0. The van der Waals surface area contributed by atoms with Gasteiger partial charge in [0.25, 0.3) is 0 Å². The molecule has 1 aliphatic rings. The largest absolute Gasteiger partial charge is 0.416 e. The van der Waals surface area contributed by atoms with Crippen LogP contribution in [0.25, 0.3) is 11.1 Å². The number of carbonyl (C=O) groups is 2. The Morgan fingerprint density at radius 3 is 1.87 bits per heavy atom. The molecule has 0 aliphatic heterocycles. The minimum absolute atomic E-state index is 0.00474. The molecule has 1 aliphatic carbocycles. The monoisotopic (exact) mass is 424 g/mol. The third kappa shape index (κ3) is 4.03. The number of carbonyl (C=O) groups excluding carboxylic acids is 2. The summed E-state index contributed by atoms with van der Waals surface area (Å²) in [4.78, 5) is 25.2. The zero-order chi connectivity index (χ0) is 22.2. The highest BCUT2D eigenvalue weighted by molar-refractivity contribution is 5.98. The van der Waals surface area contributed by atoms with Crippen molar-refractivity contribution < 1.29 is 22.8 Å². The van der Waals surface area contributed by atoms with Crippen LogP contribution in [-0.4, -0.2) is 17.9 Å². The molecule has 0 saturated heterocycles. The number of amides is 2. The smallest absolute Gasteiger partial charge is 0.368 e. The Labute approximate surface area is 176 Å². The molecule has 0 unspecified atom stereocenters. The van der Waals surface area contributed by atoms with Crippen molar-refractivity contribution in [3.05, 3.63) is 95.1 Å². The van der Waals surface area contributed by atoms with Crippen molar-refractivity contribution in [2.75, 3.05) is 0 Å². The number of alkyl halides is 3. The van der Waals surface area contributed by atoms with E-state index in [0.717, 1.165) is 34.4 Å². The predicted octanol–water partition coefficient (Wildman–Crippen LogP) is 4.03. The van der Waals surface area contributed by atoms with Crippen LogP contribution in [-0.2, 0) is 22.2 Å². The molecule has 1 atom stereocenters. The molecule has 0 bridgehead atoms. The maximum atomic E-state index is 13.2. The van der Waals surface area contributed by atoms with Crippen molar-refractivity contribution in [1.82, 2.24) is 5.32 Å². The quantitative estimate of drug-likeness (QED) is 0.649. The molecule has 0 aromatic heterocycles. The highest BCUT2D eigenvalue weighted by atomic mass is 19.4. The summed E-state index contributed by atoms with van der Waals surface area (Å²) in [7, 11) is 0. The van der Waals surface area contributed by atoms with E-state index in [4.69, 9.17) is 5.73 Å². The van der Waals surface area contributed by atoms with Crippen LogP contribution in [0.4, 0.5) is 13.2 Å². The molecule has 4 nitrogen and oxygen atoms in total. The third-order valence-corrected chi connectivity index (χ3v) is 5.48. The number of fused-ring (bicyclic) bond motifs is 3. The Kier molecular flexibility index (Phi) is 5.27. The summed E-state index contributed by atoms with van der Waals surface area (Å²) < 4.78 is 38.3. The molecule has 3 aromatic carbocycles. The Hall–Kier alpha value is -3.61. The first kappa shape index (κ1) is 20.7. The molecule has 3 aromatic rings. The summed E-state index contributed by atoms with van der Waals surface area (Å²) in [5.41, 5.74) is 8.74. The van der Waals surface area contributed by atoms with Gasteiger partial charge >= 0.3 is 6.18 Å². The second-order valence-corrected chi connectivity index (χ2v) is 7.47. The fraction of sp³-hybridized carbons (Fsp3) is 0.167. The lowest BCUT2D eigenvalue weighted by atomic mass is 9.95. The lowest BCUT2D eigenvalue weighted by Gasteiger charge is -2.20. The molecule has 0 radical (unpaired) electrons. The van der Waals surface area contributed by atoms with Gasteiger partial charge in [0.05, 0.1) is 11.5 Å². The average Bonchev–Trinajstić information content (AvgIpc) is 3.07. The molecule has 0 spiro atoms. The van der Waals surface area contributed by atoms with Crippen molar-refractivity contribution in [3.8, 4) is 11.1 Å². The molecule has 0 fully saturated rings. The van der Waals surface area contributed by atoms with E-state index in [0.29, 0.717) is 5.56 Å². The maximum Gasteiger partial charge on any atom is 0.416 e. The van der Waals surface area contributed by atoms with Crippen molar-refractivity contribution >= 4 is 11.8 Å². The molecule has 4 rings (SSSR count). The van der Waals surface area contributed by atoms with Gasteiger partial charge in [0, 0.05) is 6.42 Å². The number of nitrogens with one attached hydrogen (secondary N) is 1. The number of rotatable bonds is 5. The second-order valence-electron chi connectivity index (χ2n) is 7.47. The topological polar surface area (TPSA) is 72.2 Å². The third-order valence-electron chi connectivity index (χ3n) is 5.48. The fourth-order valence-corrected chi connectivity index (χ4v) is 3.98. The van der Waals surface area contributed by atoms with Gasteiger partial charge in [-0.2, -0.15) is 13.2 Å². The lowest BCUT2D eigenvalue weighted by Crippen LogP contribution is -2.47. The molecule has 0 saturated carbocycles. The number of primary amides is 1. The van der Waals surface area contributed by atoms with Crippen LogP contribution in [0.15, 0.2) is 72.8 Å². The molecule has 0 heterocycles. The van der Waals surface area contributed by atoms with Gasteiger partial charge < -0.3 is 11.1 Å². The summed E-state index contributed by atoms with van der Waals surface area (Å²) in [6.45, 7) is 0. The Morgan fingerprint density at radius 1 is 0.871 bits per heavy atom. The zero-order valence-corrected chi connectivity index (χ0v) is 16.3. The molecule has 3 N–H and O–H groups in total. The van der Waals surface area contributed by atoms with E-state index in [1.807, 2.05) is 48.5 Å². The first-order chi connectivity index (χ1) is 14.8. The van der Waals surface area contributed by atoms with E-state index < -0.39 is 29.6 Å². The predicted molar refractivity (Wildman–Crippen MR) is 110 cm³/mol. The van der Waals surface area contributed by atoms with E-state index in [1.165, 1.54) is 12.1 Å². The van der Waals surface area contributed by atoms with Gasteiger partial charge in [0.2, 0.25) is 11.8 Å². The van der Waals surface area contributed by atoms with Crippen LogP contribution in [0.1, 0.15) is 28.2 Å². The van der Waals surface area contributed by atoms with Crippen LogP contribution < -0.4 is 11.1 Å². The van der Waals surface area contributed by atoms with Gasteiger partial charge in [-0.05, 0) is 39.9 Å². The highest BCUT2D eigenvalue weighted by Gasteiger charge is 2.35. The zero-order valence-electron chi connectivity index (χ0n) is 16.3. The van der Waals surface area contributed by atoms with Crippen LogP contribution >= 0.6 is 0 Å². The van der Waals surface area contributed by atoms with Crippen LogP contribution in [0, 0.1) is 0 Å². The van der Waals surface area contributed by atoms with Gasteiger partial charge in [-0.1, -0.05) is 60.7 Å². The van der Waals surface area contributed by atoms with E-state index in [2.05, 4.69) is 5.32 Å². The number of benzene rings is 3. The molecule has 31 heavy (non-hydrogen) atoms. The average molecular weight is 424 g/mol.